The van der Waals surface area contributed by atoms with Gasteiger partial charge in [0.15, 0.2) is 5.82 Å². The van der Waals surface area contributed by atoms with E-state index in [4.69, 9.17) is 9.47 Å². The molecule has 1 aliphatic heterocycles. The van der Waals surface area contributed by atoms with Crippen LogP contribution in [0, 0.1) is 11.9 Å². The van der Waals surface area contributed by atoms with Gasteiger partial charge in [-0.25, -0.2) is 4.79 Å². The molecule has 1 saturated heterocycles. The highest BCUT2D eigenvalue weighted by Crippen LogP contribution is 2.24. The second kappa shape index (κ2) is 9.30. The lowest BCUT2D eigenvalue weighted by Gasteiger charge is -2.32. The SMILES string of the molecule is CCOC(=O)c1ccc(OCCC2CCN(c3ccc(F)nn3)CC2)cc1. The van der Waals surface area contributed by atoms with Crippen LogP contribution in [0.5, 0.6) is 5.75 Å². The fraction of sp³-hybridized carbons (Fsp3) is 0.450. The third kappa shape index (κ3) is 5.39. The van der Waals surface area contributed by atoms with Crippen molar-refractivity contribution in [1.82, 2.24) is 10.2 Å². The maximum absolute atomic E-state index is 12.9. The summed E-state index contributed by atoms with van der Waals surface area (Å²) in [7, 11) is 0. The smallest absolute Gasteiger partial charge is 0.338 e. The van der Waals surface area contributed by atoms with Crippen molar-refractivity contribution in [1.29, 1.82) is 0 Å². The predicted molar refractivity (Wildman–Crippen MR) is 99.4 cm³/mol. The molecule has 0 aliphatic carbocycles. The van der Waals surface area contributed by atoms with Crippen molar-refractivity contribution < 1.29 is 18.7 Å². The van der Waals surface area contributed by atoms with E-state index in [1.54, 1.807) is 37.3 Å². The van der Waals surface area contributed by atoms with Crippen molar-refractivity contribution in [2.75, 3.05) is 31.2 Å². The molecule has 7 heteroatoms. The van der Waals surface area contributed by atoms with Gasteiger partial charge < -0.3 is 14.4 Å². The van der Waals surface area contributed by atoms with Gasteiger partial charge in [-0.2, -0.15) is 4.39 Å². The number of nitrogens with zero attached hydrogens (tertiary/aromatic N) is 3. The van der Waals surface area contributed by atoms with Crippen molar-refractivity contribution in [3.8, 4) is 5.75 Å². The van der Waals surface area contributed by atoms with Gasteiger partial charge in [0.25, 0.3) is 0 Å². The van der Waals surface area contributed by atoms with E-state index in [2.05, 4.69) is 15.1 Å². The zero-order valence-corrected chi connectivity index (χ0v) is 15.4. The van der Waals surface area contributed by atoms with Crippen LogP contribution in [0.15, 0.2) is 36.4 Å². The Bertz CT molecular complexity index is 729. The maximum Gasteiger partial charge on any atom is 0.338 e. The molecule has 0 N–H and O–H groups in total. The molecular weight excluding hydrogens is 349 g/mol. The molecule has 1 fully saturated rings. The quantitative estimate of drug-likeness (QED) is 0.693. The molecule has 1 aromatic carbocycles. The summed E-state index contributed by atoms with van der Waals surface area (Å²) in [4.78, 5) is 13.8. The van der Waals surface area contributed by atoms with Crippen LogP contribution in [0.4, 0.5) is 10.2 Å². The molecule has 1 aliphatic rings. The first kappa shape index (κ1) is 19.1. The van der Waals surface area contributed by atoms with E-state index in [1.807, 2.05) is 0 Å². The van der Waals surface area contributed by atoms with E-state index in [-0.39, 0.29) is 5.97 Å². The summed E-state index contributed by atoms with van der Waals surface area (Å²) in [5, 5.41) is 7.38. The molecule has 1 aromatic heterocycles. The highest BCUT2D eigenvalue weighted by atomic mass is 19.1. The normalized spacial score (nSPS) is 14.8. The standard InChI is InChI=1S/C20H24FN3O3/c1-2-26-20(25)16-3-5-17(6-4-16)27-14-11-15-9-12-24(13-10-15)19-8-7-18(21)22-23-19/h3-8,15H,2,9-14H2,1H3. The number of hydrogen-bond acceptors (Lipinski definition) is 6. The Hall–Kier alpha value is -2.70. The zero-order chi connectivity index (χ0) is 19.1. The Labute approximate surface area is 158 Å². The minimum Gasteiger partial charge on any atom is -0.494 e. The molecule has 144 valence electrons. The number of carbonyl (C=O) groups is 1. The molecule has 27 heavy (non-hydrogen) atoms. The van der Waals surface area contributed by atoms with Crippen LogP contribution in [0.3, 0.4) is 0 Å². The van der Waals surface area contributed by atoms with Gasteiger partial charge in [0.05, 0.1) is 18.8 Å². The molecule has 0 bridgehead atoms. The van der Waals surface area contributed by atoms with Gasteiger partial charge in [-0.15, -0.1) is 10.2 Å². The Morgan fingerprint density at radius 2 is 1.89 bits per heavy atom. The van der Waals surface area contributed by atoms with Crippen LogP contribution in [0.2, 0.25) is 0 Å². The lowest BCUT2D eigenvalue weighted by Crippen LogP contribution is -2.34. The fourth-order valence-electron chi connectivity index (χ4n) is 3.17. The maximum atomic E-state index is 12.9. The molecule has 0 saturated carbocycles. The van der Waals surface area contributed by atoms with Crippen LogP contribution in [-0.4, -0.2) is 42.5 Å². The molecule has 3 rings (SSSR count). The average molecular weight is 373 g/mol. The van der Waals surface area contributed by atoms with E-state index in [9.17, 15) is 9.18 Å². The minimum absolute atomic E-state index is 0.318. The van der Waals surface area contributed by atoms with Crippen LogP contribution in [0.25, 0.3) is 0 Å². The Kier molecular flexibility index (Phi) is 6.57. The van der Waals surface area contributed by atoms with Gasteiger partial charge in [0.1, 0.15) is 5.75 Å². The van der Waals surface area contributed by atoms with Gasteiger partial charge in [-0.1, -0.05) is 0 Å². The van der Waals surface area contributed by atoms with Gasteiger partial charge in [-0.05, 0) is 68.5 Å². The van der Waals surface area contributed by atoms with Gasteiger partial charge in [-0.3, -0.25) is 0 Å². The lowest BCUT2D eigenvalue weighted by molar-refractivity contribution is 0.0526. The summed E-state index contributed by atoms with van der Waals surface area (Å²) in [5.41, 5.74) is 0.528. The summed E-state index contributed by atoms with van der Waals surface area (Å²) >= 11 is 0. The third-order valence-electron chi connectivity index (χ3n) is 4.72. The molecule has 6 nitrogen and oxygen atoms in total. The first-order valence-corrected chi connectivity index (χ1v) is 9.30. The summed E-state index contributed by atoms with van der Waals surface area (Å²) in [6.45, 7) is 4.56. The molecule has 0 amide bonds. The number of halogens is 1. The number of piperidine rings is 1. The van der Waals surface area contributed by atoms with E-state index < -0.39 is 5.95 Å². The molecular formula is C20H24FN3O3. The van der Waals surface area contributed by atoms with Gasteiger partial charge >= 0.3 is 5.97 Å². The van der Waals surface area contributed by atoms with Crippen molar-refractivity contribution in [3.63, 3.8) is 0 Å². The number of carbonyl (C=O) groups excluding carboxylic acids is 1. The zero-order valence-electron chi connectivity index (χ0n) is 15.4. The van der Waals surface area contributed by atoms with Crippen LogP contribution < -0.4 is 9.64 Å². The number of rotatable bonds is 7. The second-order valence-corrected chi connectivity index (χ2v) is 6.53. The van der Waals surface area contributed by atoms with E-state index in [1.165, 1.54) is 6.07 Å². The van der Waals surface area contributed by atoms with Crippen LogP contribution in [-0.2, 0) is 4.74 Å². The van der Waals surface area contributed by atoms with Crippen molar-refractivity contribution >= 4 is 11.8 Å². The molecule has 0 spiro atoms. The molecule has 2 heterocycles. The number of benzene rings is 1. The Morgan fingerprint density at radius 3 is 2.52 bits per heavy atom. The van der Waals surface area contributed by atoms with E-state index in [0.29, 0.717) is 24.7 Å². The monoisotopic (exact) mass is 373 g/mol. The Balaban J connectivity index is 1.39. The highest BCUT2D eigenvalue weighted by molar-refractivity contribution is 5.89. The highest BCUT2D eigenvalue weighted by Gasteiger charge is 2.20. The van der Waals surface area contributed by atoms with Crippen molar-refractivity contribution in [2.45, 2.75) is 26.2 Å². The number of ether oxygens (including phenoxy) is 2. The number of hydrogen-bond donors (Lipinski definition) is 0. The van der Waals surface area contributed by atoms with Crippen molar-refractivity contribution in [3.05, 3.63) is 47.9 Å². The lowest BCUT2D eigenvalue weighted by atomic mass is 9.94. The molecule has 0 unspecified atom stereocenters. The first-order chi connectivity index (χ1) is 13.2. The average Bonchev–Trinajstić information content (AvgIpc) is 2.70. The van der Waals surface area contributed by atoms with Crippen LogP contribution in [0.1, 0.15) is 36.5 Å². The van der Waals surface area contributed by atoms with E-state index >= 15 is 0 Å². The molecule has 0 radical (unpaired) electrons. The molecule has 0 atom stereocenters. The fourth-order valence-corrected chi connectivity index (χ4v) is 3.17. The minimum atomic E-state index is -0.555. The van der Waals surface area contributed by atoms with Crippen LogP contribution >= 0.6 is 0 Å². The van der Waals surface area contributed by atoms with Crippen molar-refractivity contribution in [2.24, 2.45) is 5.92 Å². The summed E-state index contributed by atoms with van der Waals surface area (Å²) in [6.07, 6.45) is 3.07. The first-order valence-electron chi connectivity index (χ1n) is 9.30. The second-order valence-electron chi connectivity index (χ2n) is 6.53. The predicted octanol–water partition coefficient (Wildman–Crippen LogP) is 3.48. The van der Waals surface area contributed by atoms with E-state index in [0.717, 1.165) is 43.9 Å². The third-order valence-corrected chi connectivity index (χ3v) is 4.72. The molecule has 2 aromatic rings. The summed E-state index contributed by atoms with van der Waals surface area (Å²) in [5.74, 6) is 1.20. The topological polar surface area (TPSA) is 64.6 Å². The number of esters is 1. The largest absolute Gasteiger partial charge is 0.494 e. The number of aromatic nitrogens is 2. The van der Waals surface area contributed by atoms with Gasteiger partial charge in [0, 0.05) is 13.1 Å². The Morgan fingerprint density at radius 1 is 1.15 bits per heavy atom. The summed E-state index contributed by atoms with van der Waals surface area (Å²) in [6, 6.07) is 10.0. The number of anilines is 1. The summed E-state index contributed by atoms with van der Waals surface area (Å²) < 4.78 is 23.6. The van der Waals surface area contributed by atoms with Gasteiger partial charge in [0.2, 0.25) is 5.95 Å².